The Hall–Kier alpha value is 0. The van der Waals surface area contributed by atoms with E-state index in [-0.39, 0.29) is 0 Å². The second-order valence-electron chi connectivity index (χ2n) is 8.45. The van der Waals surface area contributed by atoms with Crippen LogP contribution in [0.25, 0.3) is 0 Å². The summed E-state index contributed by atoms with van der Waals surface area (Å²) in [6.45, 7) is 19.8. The van der Waals surface area contributed by atoms with Crippen LogP contribution in [-0.2, 0) is 0 Å². The Balaban J connectivity index is 2.75. The Bertz CT molecular complexity index is 274. The Morgan fingerprint density at radius 1 is 1.06 bits per heavy atom. The molecule has 1 aliphatic rings. The maximum atomic E-state index is 2.55. The summed E-state index contributed by atoms with van der Waals surface area (Å²) < 4.78 is 0. The van der Waals surface area contributed by atoms with Crippen molar-refractivity contribution in [2.24, 2.45) is 28.1 Å². The second-order valence-corrected chi connectivity index (χ2v) is 8.45. The van der Waals surface area contributed by atoms with Crippen molar-refractivity contribution in [2.45, 2.75) is 87.5 Å². The standard InChI is InChI=1S/C18H36/c1-9-10-14(2)11-12-18(8)13-15(3)16(4,5)17(18,6)7/h14-15H,9-13H2,1-8H3/t14-,15?,18+/m0/s1. The molecule has 0 aromatic heterocycles. The van der Waals surface area contributed by atoms with Gasteiger partial charge in [0, 0.05) is 0 Å². The summed E-state index contributed by atoms with van der Waals surface area (Å²) in [4.78, 5) is 0. The molecule has 3 atom stereocenters. The van der Waals surface area contributed by atoms with Gasteiger partial charge in [0.1, 0.15) is 0 Å². The van der Waals surface area contributed by atoms with E-state index in [1.807, 2.05) is 0 Å². The van der Waals surface area contributed by atoms with Gasteiger partial charge in [-0.2, -0.15) is 0 Å². The maximum absolute atomic E-state index is 2.55. The highest BCUT2D eigenvalue weighted by Gasteiger charge is 2.58. The lowest BCUT2D eigenvalue weighted by Crippen LogP contribution is -2.39. The quantitative estimate of drug-likeness (QED) is 0.538. The van der Waals surface area contributed by atoms with Crippen LogP contribution in [0.3, 0.4) is 0 Å². The Labute approximate surface area is 116 Å². The van der Waals surface area contributed by atoms with Crippen LogP contribution in [0.4, 0.5) is 0 Å². The van der Waals surface area contributed by atoms with Gasteiger partial charge in [0.2, 0.25) is 0 Å². The first-order chi connectivity index (χ1) is 8.08. The maximum Gasteiger partial charge on any atom is -0.0246 e. The van der Waals surface area contributed by atoms with Crippen LogP contribution in [-0.4, -0.2) is 0 Å². The second kappa shape index (κ2) is 5.17. The van der Waals surface area contributed by atoms with E-state index in [1.54, 1.807) is 0 Å². The molecule has 0 bridgehead atoms. The Morgan fingerprint density at radius 2 is 1.61 bits per heavy atom. The van der Waals surface area contributed by atoms with Crippen LogP contribution in [0.5, 0.6) is 0 Å². The summed E-state index contributed by atoms with van der Waals surface area (Å²) in [5.74, 6) is 1.75. The highest BCUT2D eigenvalue weighted by molar-refractivity contribution is 5.07. The van der Waals surface area contributed by atoms with Gasteiger partial charge in [0.25, 0.3) is 0 Å². The average molecular weight is 252 g/mol. The van der Waals surface area contributed by atoms with E-state index >= 15 is 0 Å². The molecule has 0 nitrogen and oxygen atoms in total. The molecule has 108 valence electrons. The SMILES string of the molecule is CCC[C@H](C)CC[C@]1(C)CC(C)C(C)(C)C1(C)C. The van der Waals surface area contributed by atoms with Crippen molar-refractivity contribution in [1.82, 2.24) is 0 Å². The molecule has 1 saturated carbocycles. The minimum absolute atomic E-state index is 0.450. The van der Waals surface area contributed by atoms with Crippen molar-refractivity contribution in [3.05, 3.63) is 0 Å². The van der Waals surface area contributed by atoms with E-state index in [9.17, 15) is 0 Å². The monoisotopic (exact) mass is 252 g/mol. The smallest absolute Gasteiger partial charge is 0.0246 e. The van der Waals surface area contributed by atoms with Gasteiger partial charge in [-0.1, -0.05) is 74.7 Å². The van der Waals surface area contributed by atoms with Gasteiger partial charge in [-0.3, -0.25) is 0 Å². The van der Waals surface area contributed by atoms with Crippen molar-refractivity contribution >= 4 is 0 Å². The molecule has 0 saturated heterocycles. The van der Waals surface area contributed by atoms with Crippen molar-refractivity contribution in [3.63, 3.8) is 0 Å². The fourth-order valence-electron chi connectivity index (χ4n) is 4.20. The van der Waals surface area contributed by atoms with Gasteiger partial charge in [0.15, 0.2) is 0 Å². The molecule has 0 aromatic rings. The minimum atomic E-state index is 0.450. The lowest BCUT2D eigenvalue weighted by atomic mass is 9.58. The van der Waals surface area contributed by atoms with Crippen LogP contribution in [0.15, 0.2) is 0 Å². The van der Waals surface area contributed by atoms with E-state index in [0.29, 0.717) is 16.2 Å². The van der Waals surface area contributed by atoms with E-state index in [0.717, 1.165) is 11.8 Å². The van der Waals surface area contributed by atoms with Gasteiger partial charge in [-0.25, -0.2) is 0 Å². The highest BCUT2D eigenvalue weighted by Crippen LogP contribution is 2.66. The third kappa shape index (κ3) is 2.49. The zero-order valence-electron chi connectivity index (χ0n) is 14.2. The lowest BCUT2D eigenvalue weighted by Gasteiger charge is -2.47. The van der Waals surface area contributed by atoms with Crippen LogP contribution in [0.2, 0.25) is 0 Å². The van der Waals surface area contributed by atoms with Crippen molar-refractivity contribution in [3.8, 4) is 0 Å². The first-order valence-corrected chi connectivity index (χ1v) is 8.08. The number of hydrogen-bond acceptors (Lipinski definition) is 0. The first kappa shape index (κ1) is 16.1. The van der Waals surface area contributed by atoms with Crippen LogP contribution in [0.1, 0.15) is 87.5 Å². The first-order valence-electron chi connectivity index (χ1n) is 8.08. The number of hydrogen-bond donors (Lipinski definition) is 0. The molecule has 0 N–H and O–H groups in total. The zero-order valence-corrected chi connectivity index (χ0v) is 14.2. The van der Waals surface area contributed by atoms with E-state index in [4.69, 9.17) is 0 Å². The molecule has 0 spiro atoms. The fourth-order valence-corrected chi connectivity index (χ4v) is 4.20. The Kier molecular flexibility index (Phi) is 4.62. The largest absolute Gasteiger partial charge is 0.0654 e. The van der Waals surface area contributed by atoms with Gasteiger partial charge in [0.05, 0.1) is 0 Å². The summed E-state index contributed by atoms with van der Waals surface area (Å²) in [6, 6.07) is 0. The summed E-state index contributed by atoms with van der Waals surface area (Å²) in [6.07, 6.45) is 6.97. The summed E-state index contributed by atoms with van der Waals surface area (Å²) in [7, 11) is 0. The highest BCUT2D eigenvalue weighted by atomic mass is 14.6. The molecule has 0 radical (unpaired) electrons. The molecule has 1 fully saturated rings. The van der Waals surface area contributed by atoms with Crippen molar-refractivity contribution in [2.75, 3.05) is 0 Å². The van der Waals surface area contributed by atoms with Gasteiger partial charge in [-0.15, -0.1) is 0 Å². The topological polar surface area (TPSA) is 0 Å². The van der Waals surface area contributed by atoms with Gasteiger partial charge >= 0.3 is 0 Å². The molecule has 18 heavy (non-hydrogen) atoms. The fraction of sp³-hybridized carbons (Fsp3) is 1.00. The molecule has 0 heterocycles. The third-order valence-corrected chi connectivity index (χ3v) is 7.08. The molecular weight excluding hydrogens is 216 g/mol. The van der Waals surface area contributed by atoms with Crippen molar-refractivity contribution in [1.29, 1.82) is 0 Å². The molecule has 1 rings (SSSR count). The number of rotatable bonds is 5. The average Bonchev–Trinajstić information content (AvgIpc) is 2.36. The van der Waals surface area contributed by atoms with E-state index in [1.165, 1.54) is 32.1 Å². The molecular formula is C18H36. The molecule has 0 aliphatic heterocycles. The molecule has 0 aromatic carbocycles. The van der Waals surface area contributed by atoms with E-state index in [2.05, 4.69) is 55.4 Å². The summed E-state index contributed by atoms with van der Waals surface area (Å²) in [5, 5.41) is 0. The molecule has 1 aliphatic carbocycles. The molecule has 0 amide bonds. The predicted molar refractivity (Wildman–Crippen MR) is 82.8 cm³/mol. The lowest BCUT2D eigenvalue weighted by molar-refractivity contribution is 0.0191. The molecule has 0 heteroatoms. The third-order valence-electron chi connectivity index (χ3n) is 7.08. The van der Waals surface area contributed by atoms with Crippen LogP contribution >= 0.6 is 0 Å². The van der Waals surface area contributed by atoms with Crippen LogP contribution < -0.4 is 0 Å². The summed E-state index contributed by atoms with van der Waals surface area (Å²) in [5.41, 5.74) is 1.44. The summed E-state index contributed by atoms with van der Waals surface area (Å²) >= 11 is 0. The normalized spacial score (nSPS) is 35.7. The van der Waals surface area contributed by atoms with Gasteiger partial charge < -0.3 is 0 Å². The Morgan fingerprint density at radius 3 is 2.00 bits per heavy atom. The van der Waals surface area contributed by atoms with Crippen LogP contribution in [0, 0.1) is 28.1 Å². The predicted octanol–water partition coefficient (Wildman–Crippen LogP) is 6.30. The molecule has 1 unspecified atom stereocenters. The van der Waals surface area contributed by atoms with E-state index < -0.39 is 0 Å². The minimum Gasteiger partial charge on any atom is -0.0654 e. The van der Waals surface area contributed by atoms with Crippen molar-refractivity contribution < 1.29 is 0 Å². The van der Waals surface area contributed by atoms with Gasteiger partial charge in [-0.05, 0) is 40.9 Å². The zero-order chi connectivity index (χ0) is 14.2.